The molecule has 0 rings (SSSR count). The van der Waals surface area contributed by atoms with Crippen molar-refractivity contribution in [2.45, 2.75) is 26.8 Å². The van der Waals surface area contributed by atoms with Gasteiger partial charge in [0.15, 0.2) is 0 Å². The zero-order valence-electron chi connectivity index (χ0n) is 7.42. The lowest BCUT2D eigenvalue weighted by Crippen LogP contribution is -2.46. The minimum absolute atomic E-state index is 0.0298. The molecule has 3 N–H and O–H groups in total. The van der Waals surface area contributed by atoms with Crippen LogP contribution in [0.2, 0.25) is 0 Å². The van der Waals surface area contributed by atoms with E-state index >= 15 is 0 Å². The van der Waals surface area contributed by atoms with E-state index in [1.165, 1.54) is 6.92 Å². The van der Waals surface area contributed by atoms with E-state index in [4.69, 9.17) is 5.11 Å². The first kappa shape index (κ1) is 10.9. The third kappa shape index (κ3) is 3.92. The van der Waals surface area contributed by atoms with Crippen LogP contribution in [0.1, 0.15) is 20.8 Å². The van der Waals surface area contributed by atoms with Gasteiger partial charge in [0.1, 0.15) is 5.78 Å². The maximum Gasteiger partial charge on any atom is 0.419 e. The molecule has 0 aromatic rings. The molecule has 0 heterocycles. The fourth-order valence-electron chi connectivity index (χ4n) is 0.653. The highest BCUT2D eigenvalue weighted by Crippen LogP contribution is 2.01. The van der Waals surface area contributed by atoms with Gasteiger partial charge in [-0.1, -0.05) is 6.92 Å². The molecule has 0 aromatic heterocycles. The number of carbonyl (C=O) groups excluding carboxylic acids is 1. The van der Waals surface area contributed by atoms with Gasteiger partial charge < -0.3 is 5.11 Å². The van der Waals surface area contributed by atoms with Gasteiger partial charge in [0.2, 0.25) is 0 Å². The number of hydrogen-bond donors (Lipinski definition) is 3. The summed E-state index contributed by atoms with van der Waals surface area (Å²) in [5, 5.41) is 8.22. The van der Waals surface area contributed by atoms with Crippen molar-refractivity contribution in [3.05, 3.63) is 0 Å². The molecule has 0 aliphatic rings. The van der Waals surface area contributed by atoms with Crippen LogP contribution in [0.5, 0.6) is 0 Å². The van der Waals surface area contributed by atoms with E-state index in [1.807, 2.05) is 5.43 Å². The van der Waals surface area contributed by atoms with Crippen LogP contribution in [0.3, 0.4) is 0 Å². The Labute approximate surface area is 71.1 Å². The first-order chi connectivity index (χ1) is 5.45. The zero-order valence-corrected chi connectivity index (χ0v) is 7.42. The standard InChI is InChI=1S/C7H14N2O3/c1-4(6(3)10)5(2)8-9-7(11)12/h4-5,8-9H,1-3H3,(H,11,12). The quantitative estimate of drug-likeness (QED) is 0.538. The molecule has 0 aromatic carbocycles. The SMILES string of the molecule is CC(=O)C(C)C(C)NNC(=O)O. The van der Waals surface area contributed by atoms with E-state index in [0.29, 0.717) is 0 Å². The zero-order chi connectivity index (χ0) is 9.72. The predicted molar refractivity (Wildman–Crippen MR) is 43.6 cm³/mol. The number of Topliss-reactive ketones (excluding diaryl/α,β-unsaturated/α-hetero) is 1. The second kappa shape index (κ2) is 4.71. The lowest BCUT2D eigenvalue weighted by molar-refractivity contribution is -0.121. The Hall–Kier alpha value is -1.10. The van der Waals surface area contributed by atoms with Gasteiger partial charge in [-0.05, 0) is 13.8 Å². The predicted octanol–water partition coefficient (Wildman–Crippen LogP) is 0.372. The summed E-state index contributed by atoms with van der Waals surface area (Å²) in [6, 6.07) is -0.196. The first-order valence-electron chi connectivity index (χ1n) is 3.70. The summed E-state index contributed by atoms with van der Waals surface area (Å²) < 4.78 is 0. The number of hydrazine groups is 1. The fraction of sp³-hybridized carbons (Fsp3) is 0.714. The number of amides is 1. The average molecular weight is 174 g/mol. The average Bonchev–Trinajstić information content (AvgIpc) is 1.98. The lowest BCUT2D eigenvalue weighted by atomic mass is 10.0. The summed E-state index contributed by atoms with van der Waals surface area (Å²) in [4.78, 5) is 20.9. The lowest BCUT2D eigenvalue weighted by Gasteiger charge is -2.17. The van der Waals surface area contributed by atoms with Gasteiger partial charge in [0, 0.05) is 12.0 Å². The molecule has 0 aliphatic heterocycles. The van der Waals surface area contributed by atoms with Crippen molar-refractivity contribution in [2.75, 3.05) is 0 Å². The Bertz CT molecular complexity index is 181. The van der Waals surface area contributed by atoms with Gasteiger partial charge in [-0.3, -0.25) is 10.2 Å². The highest BCUT2D eigenvalue weighted by atomic mass is 16.4. The molecule has 12 heavy (non-hydrogen) atoms. The molecular formula is C7H14N2O3. The van der Waals surface area contributed by atoms with Crippen LogP contribution < -0.4 is 10.9 Å². The van der Waals surface area contributed by atoms with Gasteiger partial charge in [-0.25, -0.2) is 10.2 Å². The van der Waals surface area contributed by atoms with Crippen molar-refractivity contribution in [3.63, 3.8) is 0 Å². The molecular weight excluding hydrogens is 160 g/mol. The maximum atomic E-state index is 10.8. The molecule has 5 nitrogen and oxygen atoms in total. The second-order valence-electron chi connectivity index (χ2n) is 2.76. The third-order valence-electron chi connectivity index (χ3n) is 1.80. The molecule has 2 atom stereocenters. The van der Waals surface area contributed by atoms with Gasteiger partial charge in [-0.2, -0.15) is 0 Å². The molecule has 0 saturated heterocycles. The molecule has 0 radical (unpaired) electrons. The molecule has 0 fully saturated rings. The number of rotatable bonds is 4. The third-order valence-corrected chi connectivity index (χ3v) is 1.80. The molecule has 0 spiro atoms. The minimum Gasteiger partial charge on any atom is -0.464 e. The molecule has 2 unspecified atom stereocenters. The summed E-state index contributed by atoms with van der Waals surface area (Å²) >= 11 is 0. The molecule has 70 valence electrons. The van der Waals surface area contributed by atoms with Crippen molar-refractivity contribution in [1.29, 1.82) is 0 Å². The second-order valence-corrected chi connectivity index (χ2v) is 2.76. The Morgan fingerprint density at radius 2 is 1.83 bits per heavy atom. The Morgan fingerprint density at radius 1 is 1.33 bits per heavy atom. The molecule has 0 saturated carbocycles. The van der Waals surface area contributed by atoms with Crippen LogP contribution in [0.15, 0.2) is 0 Å². The van der Waals surface area contributed by atoms with Crippen molar-refractivity contribution in [3.8, 4) is 0 Å². The van der Waals surface area contributed by atoms with E-state index in [9.17, 15) is 9.59 Å². The van der Waals surface area contributed by atoms with E-state index in [2.05, 4.69) is 5.43 Å². The molecule has 0 bridgehead atoms. The van der Waals surface area contributed by atoms with E-state index in [0.717, 1.165) is 0 Å². The number of ketones is 1. The van der Waals surface area contributed by atoms with Crippen LogP contribution in [-0.4, -0.2) is 23.0 Å². The minimum atomic E-state index is -1.15. The summed E-state index contributed by atoms with van der Waals surface area (Å²) in [5.74, 6) is -0.168. The highest BCUT2D eigenvalue weighted by Gasteiger charge is 2.16. The summed E-state index contributed by atoms with van der Waals surface area (Å²) in [7, 11) is 0. The number of hydrogen-bond acceptors (Lipinski definition) is 3. The largest absolute Gasteiger partial charge is 0.464 e. The number of nitrogens with one attached hydrogen (secondary N) is 2. The normalized spacial score (nSPS) is 14.9. The van der Waals surface area contributed by atoms with Gasteiger partial charge >= 0.3 is 6.09 Å². The van der Waals surface area contributed by atoms with Crippen LogP contribution in [0.25, 0.3) is 0 Å². The van der Waals surface area contributed by atoms with Crippen LogP contribution in [0.4, 0.5) is 4.79 Å². The molecule has 0 aliphatic carbocycles. The van der Waals surface area contributed by atoms with Crippen LogP contribution >= 0.6 is 0 Å². The summed E-state index contributed by atoms with van der Waals surface area (Å²) in [6.07, 6.45) is -1.15. The van der Waals surface area contributed by atoms with Crippen LogP contribution in [0, 0.1) is 5.92 Å². The van der Waals surface area contributed by atoms with E-state index < -0.39 is 6.09 Å². The summed E-state index contributed by atoms with van der Waals surface area (Å²) in [6.45, 7) is 4.95. The van der Waals surface area contributed by atoms with Crippen molar-refractivity contribution in [1.82, 2.24) is 10.9 Å². The first-order valence-corrected chi connectivity index (χ1v) is 3.70. The smallest absolute Gasteiger partial charge is 0.419 e. The maximum absolute atomic E-state index is 10.8. The fourth-order valence-corrected chi connectivity index (χ4v) is 0.653. The summed E-state index contributed by atoms with van der Waals surface area (Å²) in [5.41, 5.74) is 4.49. The Balaban J connectivity index is 3.79. The van der Waals surface area contributed by atoms with E-state index in [-0.39, 0.29) is 17.7 Å². The monoisotopic (exact) mass is 174 g/mol. The van der Waals surface area contributed by atoms with Gasteiger partial charge in [-0.15, -0.1) is 0 Å². The van der Waals surface area contributed by atoms with Crippen LogP contribution in [-0.2, 0) is 4.79 Å². The molecule has 1 amide bonds. The van der Waals surface area contributed by atoms with Crippen molar-refractivity contribution >= 4 is 11.9 Å². The van der Waals surface area contributed by atoms with Crippen molar-refractivity contribution < 1.29 is 14.7 Å². The van der Waals surface area contributed by atoms with Gasteiger partial charge in [0.05, 0.1) is 0 Å². The molecule has 5 heteroatoms. The number of carbonyl (C=O) groups is 2. The van der Waals surface area contributed by atoms with Crippen molar-refractivity contribution in [2.24, 2.45) is 5.92 Å². The van der Waals surface area contributed by atoms with E-state index in [1.54, 1.807) is 13.8 Å². The van der Waals surface area contributed by atoms with Gasteiger partial charge in [0.25, 0.3) is 0 Å². The topological polar surface area (TPSA) is 78.4 Å². The number of carboxylic acid groups (broad SMARTS) is 1. The Morgan fingerprint density at radius 3 is 2.17 bits per heavy atom. The Kier molecular flexibility index (Phi) is 4.28. The highest BCUT2D eigenvalue weighted by molar-refractivity contribution is 5.78.